The molecule has 836 valence electrons. The van der Waals surface area contributed by atoms with E-state index < -0.39 is 137 Å². The number of carbonyl (C=O) groups excluding carboxylic acids is 12. The number of aliphatic carboxylic acids is 2. The van der Waals surface area contributed by atoms with Gasteiger partial charge in [0, 0.05) is 57.7 Å². The first-order chi connectivity index (χ1) is 67.0. The molecular formula is C106H178ClN11O28Si. The van der Waals surface area contributed by atoms with Crippen LogP contribution in [0.1, 0.15) is 260 Å². The van der Waals surface area contributed by atoms with Crippen molar-refractivity contribution in [3.05, 3.63) is 134 Å². The molecule has 7 amide bonds. The van der Waals surface area contributed by atoms with Gasteiger partial charge in [-0.25, -0.2) is 43.2 Å². The third-order valence-corrected chi connectivity index (χ3v) is 24.7. The third-order valence-electron chi connectivity index (χ3n) is 23.0. The maximum absolute atomic E-state index is 13.7. The van der Waals surface area contributed by atoms with Gasteiger partial charge in [-0.15, -0.1) is 45.3 Å². The monoisotopic (exact) mass is 2120 g/mol. The number of amides is 7. The summed E-state index contributed by atoms with van der Waals surface area (Å²) in [5.41, 5.74) is 8.42. The number of hydrogen-bond acceptors (Lipinski definition) is 29. The van der Waals surface area contributed by atoms with E-state index in [9.17, 15) is 82.3 Å². The first-order valence-corrected chi connectivity index (χ1v) is 53.0. The van der Waals surface area contributed by atoms with Gasteiger partial charge in [0.05, 0.1) is 39.0 Å². The summed E-state index contributed by atoms with van der Waals surface area (Å²) in [5, 5.41) is 42.6. The zero-order valence-electron chi connectivity index (χ0n) is 88.2. The number of nitrogens with two attached hydrogens (primary N) is 2. The van der Waals surface area contributed by atoms with Crippen LogP contribution >= 0.6 is 12.4 Å². The van der Waals surface area contributed by atoms with Crippen molar-refractivity contribution in [2.75, 3.05) is 60.2 Å². The fourth-order valence-electron chi connectivity index (χ4n) is 15.4. The Balaban J connectivity index is -0.00000170. The molecule has 6 fully saturated rings. The average Bonchev–Trinajstić information content (AvgIpc) is 1.58. The van der Waals surface area contributed by atoms with Crippen LogP contribution in [0.5, 0.6) is 5.75 Å². The number of alkyl carbamates (subject to hydrolysis) is 3. The Hall–Kier alpha value is -11.5. The fraction of sp³-hybridized carbons (Fsp3) is 0.660. The molecular weight excluding hydrogens is 1940 g/mol. The molecule has 2 aromatic rings. The Morgan fingerprint density at radius 3 is 1.39 bits per heavy atom. The van der Waals surface area contributed by atoms with Crippen molar-refractivity contribution in [1.29, 1.82) is 0 Å². The molecule has 8 rings (SSSR count). The van der Waals surface area contributed by atoms with Crippen LogP contribution in [0.15, 0.2) is 118 Å². The number of nitrogens with one attached hydrogen (secondary N) is 5. The summed E-state index contributed by atoms with van der Waals surface area (Å²) in [6.07, 6.45) is 20.7. The van der Waals surface area contributed by atoms with Crippen LogP contribution < -0.4 is 42.8 Å². The molecule has 4 saturated heterocycles. The maximum Gasteiger partial charge on any atom is 0.513 e. The van der Waals surface area contributed by atoms with E-state index in [0.29, 0.717) is 90.1 Å². The van der Waals surface area contributed by atoms with Crippen LogP contribution in [0.3, 0.4) is 0 Å². The van der Waals surface area contributed by atoms with Gasteiger partial charge in [0.25, 0.3) is 5.69 Å². The van der Waals surface area contributed by atoms with E-state index in [2.05, 4.69) is 95.5 Å². The topological polar surface area (TPSA) is 537 Å². The molecule has 39 nitrogen and oxygen atoms in total. The predicted molar refractivity (Wildman–Crippen MR) is 571 cm³/mol. The Morgan fingerprint density at radius 1 is 0.558 bits per heavy atom. The quantitative estimate of drug-likeness (QED) is 0.00436. The minimum atomic E-state index is -1.24. The number of carbonyl (C=O) groups is 14. The number of methoxy groups -OCH3 is 2. The number of hydrogen-bond donors (Lipinski definition) is 9. The molecule has 0 unspecified atom stereocenters. The van der Waals surface area contributed by atoms with Gasteiger partial charge >= 0.3 is 66.3 Å². The van der Waals surface area contributed by atoms with Gasteiger partial charge < -0.3 is 105 Å². The first kappa shape index (κ1) is 140. The normalized spacial score (nSPS) is 21.0. The Bertz CT molecular complexity index is 4450. The van der Waals surface area contributed by atoms with Gasteiger partial charge in [0.15, 0.2) is 0 Å². The Kier molecular flexibility index (Phi) is 66.2. The van der Waals surface area contributed by atoms with Crippen molar-refractivity contribution < 1.29 is 130 Å². The Morgan fingerprint density at radius 2 is 1.00 bits per heavy atom. The van der Waals surface area contributed by atoms with Gasteiger partial charge in [-0.2, -0.15) is 0 Å². The molecule has 0 radical (unpaired) electrons. The van der Waals surface area contributed by atoms with Crippen molar-refractivity contribution in [2.24, 2.45) is 41.1 Å². The molecule has 41 heteroatoms. The summed E-state index contributed by atoms with van der Waals surface area (Å²) < 4.78 is 50.0. The van der Waals surface area contributed by atoms with E-state index >= 15 is 0 Å². The molecule has 4 aliphatic heterocycles. The van der Waals surface area contributed by atoms with Crippen molar-refractivity contribution >= 4 is 110 Å². The zero-order valence-corrected chi connectivity index (χ0v) is 90.0. The summed E-state index contributed by atoms with van der Waals surface area (Å²) in [6.45, 7) is 53.3. The van der Waals surface area contributed by atoms with Gasteiger partial charge in [-0.05, 0) is 221 Å². The minimum absolute atomic E-state index is 0. The lowest BCUT2D eigenvalue weighted by Crippen LogP contribution is -2.56. The van der Waals surface area contributed by atoms with Crippen LogP contribution in [0.25, 0.3) is 0 Å². The lowest BCUT2D eigenvalue weighted by atomic mass is 10.0. The maximum atomic E-state index is 13.7. The number of nitro groups is 1. The molecule has 2 saturated carbocycles. The molecule has 147 heavy (non-hydrogen) atoms. The first-order valence-electron chi connectivity index (χ1n) is 49.3. The number of likely N-dealkylation sites (tertiary alicyclic amines) is 3. The molecule has 6 aliphatic rings. The number of carboxylic acids is 2. The van der Waals surface area contributed by atoms with Crippen molar-refractivity contribution in [3.8, 4) is 5.75 Å². The highest BCUT2D eigenvalue weighted by Gasteiger charge is 2.62. The van der Waals surface area contributed by atoms with Gasteiger partial charge in [0.1, 0.15) is 82.5 Å². The summed E-state index contributed by atoms with van der Waals surface area (Å²) in [7, 11) is 1.47. The summed E-state index contributed by atoms with van der Waals surface area (Å²) >= 11 is 0. The van der Waals surface area contributed by atoms with Crippen LogP contribution in [-0.4, -0.2) is 258 Å². The number of allylic oxidation sites excluding steroid dienone is 3. The molecule has 11 N–H and O–H groups in total. The number of nitro benzene ring substituents is 1. The second kappa shape index (κ2) is 69.7. The zero-order chi connectivity index (χ0) is 108. The highest BCUT2D eigenvalue weighted by atomic mass is 35.5. The van der Waals surface area contributed by atoms with Gasteiger partial charge in [-0.1, -0.05) is 162 Å². The van der Waals surface area contributed by atoms with E-state index in [1.165, 1.54) is 53.2 Å². The minimum Gasteiger partial charge on any atom is -0.480 e. The molecule has 2 aromatic carbocycles. The van der Waals surface area contributed by atoms with Crippen LogP contribution in [-0.2, 0) is 92.4 Å². The predicted octanol–water partition coefficient (Wildman–Crippen LogP) is 17.6. The fourth-order valence-corrected chi connectivity index (χ4v) is 16.1. The van der Waals surface area contributed by atoms with E-state index in [0.717, 1.165) is 102 Å². The SMILES string of the molecule is C.C.C.C=CCCCCC[C@H](NC(=O)OC(C)(C)C)C(=O)N1C[C@H](C)C[C@H]1C(=O)N[C@]1(C(=O)OCC)C[C@H]1C=C.C=CCCCCC[C@H](NC(=O)OC(C)(C)C)C(=O)N1C[C@H](C)C[C@H]1C(=O)O.C=CCCCCC[C@H](NC(=O)OC(C)(C)C)C(=O)O.C=C[C@@H]1C[C@]1(N)C(=O)OCC.COC(=O)[C@@H]1C[C@@H](C)CN1.COC(=O)[C@@H]1C[C@@H](N)CN1C(=O)OCc1ccccc1.C[Si](C)(C)CCOC(=O)Oc1ccc([N+](=O)[O-])cc1.Cl. The van der Waals surface area contributed by atoms with E-state index in [1.54, 1.807) is 88.3 Å². The summed E-state index contributed by atoms with van der Waals surface area (Å²) in [5.74, 6) is -3.55. The smallest absolute Gasteiger partial charge is 0.480 e. The molecule has 0 spiro atoms. The molecule has 0 aromatic heterocycles. The van der Waals surface area contributed by atoms with Crippen molar-refractivity contribution in [2.45, 2.75) is 363 Å². The highest BCUT2D eigenvalue weighted by molar-refractivity contribution is 6.76. The number of esters is 4. The molecule has 4 heterocycles. The van der Waals surface area contributed by atoms with Gasteiger partial charge in [0.2, 0.25) is 17.7 Å². The van der Waals surface area contributed by atoms with Crippen molar-refractivity contribution in [3.63, 3.8) is 0 Å². The number of non-ortho nitro benzene ring substituents is 1. The lowest BCUT2D eigenvalue weighted by Gasteiger charge is -2.30. The lowest BCUT2D eigenvalue weighted by molar-refractivity contribution is -0.384. The molecule has 15 atom stereocenters. The second-order valence-electron chi connectivity index (χ2n) is 40.6. The summed E-state index contributed by atoms with van der Waals surface area (Å²) in [6, 6.07) is 10.4. The number of rotatable bonds is 42. The summed E-state index contributed by atoms with van der Waals surface area (Å²) in [4.78, 5) is 183. The number of ether oxygens (including phenoxy) is 10. The number of benzene rings is 2. The molecule has 0 bridgehead atoms. The second-order valence-corrected chi connectivity index (χ2v) is 46.2. The number of carboxylic acid groups (broad SMARTS) is 2. The van der Waals surface area contributed by atoms with Crippen molar-refractivity contribution in [1.82, 2.24) is 41.3 Å². The van der Waals surface area contributed by atoms with Crippen LogP contribution in [0.2, 0.25) is 25.7 Å². The van der Waals surface area contributed by atoms with Gasteiger partial charge in [-0.3, -0.25) is 39.0 Å². The highest BCUT2D eigenvalue weighted by Crippen LogP contribution is 2.46. The van der Waals surface area contributed by atoms with E-state index in [-0.39, 0.29) is 119 Å². The molecule has 2 aliphatic carbocycles. The van der Waals surface area contributed by atoms with E-state index in [1.807, 2.05) is 62.4 Å². The largest absolute Gasteiger partial charge is 0.513 e. The van der Waals surface area contributed by atoms with E-state index in [4.69, 9.17) is 54.5 Å². The number of nitrogens with zero attached hydrogens (tertiary/aromatic N) is 4. The Labute approximate surface area is 879 Å². The number of unbranched alkanes of at least 4 members (excludes halogenated alkanes) is 9. The standard InChI is InChI=1S/C28H45N3O6.C20H34N2O5.C14H18N2O4.C14H25NO4.C12H17NO5Si.C8H13NO2.C7H13NO2.3CH4.ClH/c1-8-11-12-13-14-15-21(29-26(35)37-27(5,6)7)24(33)31-18-19(4)16-22(31)23(32)30-28(17-20(28)9-2)25(34)36-10-3;1-6-7-8-9-10-11-15(21-19(26)27-20(3,4)5)17(23)22-13-14(2)12-16(22)18(24)25;1-19-13(17)12-7-11(15)8-16(12)14(18)20-9-10-5-3-2-4-6-10;1-5-6-7-8-9-10-11(12(16)17)15-13(18)19-14(2,3)4;1-19(2,3)9-8-17-12(14)18-11-6-4-10(5-7-11)13(15)16;1-3-6-5-8(6,9)7(10)11-4-2;1-5-3-6(8-4-5)7(9)10-2;;;;/h8-9,19-22H,1-2,10-18H2,3-7H3,(H,29,35)(H,30,32);6,14-16H,1,7-13H2,2-5H3,(H,21,26)(H,24,25);2-6,11-12H,7-9,15H2,1H3;5,11H,1,6-10H2,2-4H3,(H,15,18)(H,16,17);4-7H,8-9H2,1-3H3;3,6H,1,4-5,9H2,2H3;5-6,8H,3-4H2,1-2H3;3*1H4;1H/t19-,20-,21+,22+,28-;14-,15+,16+;11-,12+;11-;;6-,8-;5-,6+;;;;/m1110.11..../s1. The third kappa shape index (κ3) is 54.3. The average molecular weight is 2120 g/mol. The van der Waals surface area contributed by atoms with Crippen LogP contribution in [0.4, 0.5) is 29.7 Å². The van der Waals surface area contributed by atoms with Crippen LogP contribution in [0, 0.1) is 39.7 Å². The number of halogens is 1.